The van der Waals surface area contributed by atoms with Gasteiger partial charge in [-0.3, -0.25) is 0 Å². The molecule has 0 fully saturated rings. The zero-order valence-electron chi connectivity index (χ0n) is 11.6. The van der Waals surface area contributed by atoms with E-state index in [1.807, 2.05) is 47.3 Å². The van der Waals surface area contributed by atoms with Gasteiger partial charge in [0.15, 0.2) is 5.82 Å². The Labute approximate surface area is 117 Å². The quantitative estimate of drug-likeness (QED) is 0.793. The number of fused-ring (bicyclic) bond motifs is 1. The molecule has 2 heterocycles. The average molecular weight is 267 g/mol. The summed E-state index contributed by atoms with van der Waals surface area (Å²) in [7, 11) is 0. The first-order chi connectivity index (χ1) is 9.69. The fourth-order valence-corrected chi connectivity index (χ4v) is 2.24. The Bertz CT molecular complexity index is 746. The third-order valence-electron chi connectivity index (χ3n) is 3.36. The Morgan fingerprint density at radius 3 is 2.75 bits per heavy atom. The van der Waals surface area contributed by atoms with Crippen molar-refractivity contribution in [3.63, 3.8) is 0 Å². The highest BCUT2D eigenvalue weighted by Crippen LogP contribution is 2.21. The highest BCUT2D eigenvalue weighted by Gasteiger charge is 2.10. The molecule has 0 spiro atoms. The van der Waals surface area contributed by atoms with E-state index in [1.165, 1.54) is 0 Å². The molecule has 0 saturated carbocycles. The molecule has 0 aliphatic rings. The van der Waals surface area contributed by atoms with Crippen LogP contribution in [0.3, 0.4) is 0 Å². The molecule has 0 unspecified atom stereocenters. The lowest BCUT2D eigenvalue weighted by Crippen LogP contribution is -2.05. The van der Waals surface area contributed by atoms with Crippen LogP contribution in [0.5, 0.6) is 0 Å². The van der Waals surface area contributed by atoms with Crippen LogP contribution in [0.4, 0.5) is 0 Å². The maximum absolute atomic E-state index is 9.42. The van der Waals surface area contributed by atoms with Gasteiger partial charge >= 0.3 is 0 Å². The van der Waals surface area contributed by atoms with E-state index in [0.717, 1.165) is 28.0 Å². The molecule has 3 rings (SSSR count). The fourth-order valence-electron chi connectivity index (χ4n) is 2.24. The van der Waals surface area contributed by atoms with Crippen molar-refractivity contribution in [1.82, 2.24) is 14.8 Å². The highest BCUT2D eigenvalue weighted by atomic mass is 16.3. The molecule has 0 aliphatic carbocycles. The SMILES string of the molecule is CC(C)c1cc(CO)cc(-n2ncc3ccccc32)n1. The Balaban J connectivity index is 2.20. The molecular weight excluding hydrogens is 250 g/mol. The van der Waals surface area contributed by atoms with Crippen molar-refractivity contribution in [3.05, 3.63) is 53.9 Å². The van der Waals surface area contributed by atoms with Gasteiger partial charge in [-0.05, 0) is 29.7 Å². The third-order valence-corrected chi connectivity index (χ3v) is 3.36. The number of aliphatic hydroxyl groups excluding tert-OH is 1. The predicted molar refractivity (Wildman–Crippen MR) is 78.9 cm³/mol. The van der Waals surface area contributed by atoms with Gasteiger partial charge < -0.3 is 5.11 Å². The molecule has 0 aliphatic heterocycles. The summed E-state index contributed by atoms with van der Waals surface area (Å²) in [4.78, 5) is 4.66. The molecule has 4 nitrogen and oxygen atoms in total. The Hall–Kier alpha value is -2.20. The second-order valence-corrected chi connectivity index (χ2v) is 5.19. The first kappa shape index (κ1) is 12.8. The van der Waals surface area contributed by atoms with Gasteiger partial charge in [-0.1, -0.05) is 32.0 Å². The molecule has 1 N–H and O–H groups in total. The van der Waals surface area contributed by atoms with Crippen molar-refractivity contribution < 1.29 is 5.11 Å². The molecule has 20 heavy (non-hydrogen) atoms. The summed E-state index contributed by atoms with van der Waals surface area (Å²) >= 11 is 0. The topological polar surface area (TPSA) is 50.9 Å². The molecule has 0 atom stereocenters. The first-order valence-corrected chi connectivity index (χ1v) is 6.74. The summed E-state index contributed by atoms with van der Waals surface area (Å²) in [5.74, 6) is 1.06. The van der Waals surface area contributed by atoms with Crippen LogP contribution in [0.25, 0.3) is 16.7 Å². The Morgan fingerprint density at radius 2 is 2.00 bits per heavy atom. The van der Waals surface area contributed by atoms with Gasteiger partial charge in [-0.25, -0.2) is 9.67 Å². The van der Waals surface area contributed by atoms with Gasteiger partial charge in [0.05, 0.1) is 18.3 Å². The summed E-state index contributed by atoms with van der Waals surface area (Å²) in [5, 5.41) is 14.9. The number of benzene rings is 1. The minimum absolute atomic E-state index is 0.00837. The van der Waals surface area contributed by atoms with Crippen LogP contribution in [0.2, 0.25) is 0 Å². The second-order valence-electron chi connectivity index (χ2n) is 5.19. The van der Waals surface area contributed by atoms with E-state index >= 15 is 0 Å². The van der Waals surface area contributed by atoms with Crippen molar-refractivity contribution in [2.24, 2.45) is 0 Å². The number of aliphatic hydroxyl groups is 1. The molecule has 2 aromatic heterocycles. The van der Waals surface area contributed by atoms with E-state index in [2.05, 4.69) is 23.9 Å². The molecule has 3 aromatic rings. The Morgan fingerprint density at radius 1 is 1.20 bits per heavy atom. The number of para-hydroxylation sites is 1. The molecular formula is C16H17N3O. The van der Waals surface area contributed by atoms with Gasteiger partial charge in [0.2, 0.25) is 0 Å². The molecule has 0 amide bonds. The van der Waals surface area contributed by atoms with Crippen LogP contribution >= 0.6 is 0 Å². The number of pyridine rings is 1. The van der Waals surface area contributed by atoms with E-state index in [0.29, 0.717) is 5.92 Å². The summed E-state index contributed by atoms with van der Waals surface area (Å²) in [6.45, 7) is 4.19. The van der Waals surface area contributed by atoms with Crippen LogP contribution in [0.1, 0.15) is 31.0 Å². The second kappa shape index (κ2) is 5.06. The van der Waals surface area contributed by atoms with Gasteiger partial charge in [0, 0.05) is 11.1 Å². The van der Waals surface area contributed by atoms with E-state index in [4.69, 9.17) is 0 Å². The molecule has 1 aromatic carbocycles. The van der Waals surface area contributed by atoms with Gasteiger partial charge in [0.25, 0.3) is 0 Å². The third kappa shape index (κ3) is 2.18. The zero-order valence-corrected chi connectivity index (χ0v) is 11.6. The number of hydrogen-bond donors (Lipinski definition) is 1. The summed E-state index contributed by atoms with van der Waals surface area (Å²) in [6, 6.07) is 11.8. The number of rotatable bonds is 3. The number of aromatic nitrogens is 3. The van der Waals surface area contributed by atoms with Crippen LogP contribution < -0.4 is 0 Å². The van der Waals surface area contributed by atoms with Crippen molar-refractivity contribution in [2.45, 2.75) is 26.4 Å². The molecule has 0 saturated heterocycles. The largest absolute Gasteiger partial charge is 0.392 e. The summed E-state index contributed by atoms with van der Waals surface area (Å²) < 4.78 is 1.82. The Kier molecular flexibility index (Phi) is 3.24. The van der Waals surface area contributed by atoms with Crippen LogP contribution in [0.15, 0.2) is 42.6 Å². The van der Waals surface area contributed by atoms with Gasteiger partial charge in [0.1, 0.15) is 0 Å². The standard InChI is InChI=1S/C16H17N3O/c1-11(2)14-7-12(10-20)8-16(18-14)19-15-6-4-3-5-13(15)9-17-19/h3-9,11,20H,10H2,1-2H3. The summed E-state index contributed by atoms with van der Waals surface area (Å²) in [5.41, 5.74) is 2.84. The molecule has 102 valence electrons. The van der Waals surface area contributed by atoms with E-state index < -0.39 is 0 Å². The average Bonchev–Trinajstić information content (AvgIpc) is 2.90. The van der Waals surface area contributed by atoms with E-state index in [1.54, 1.807) is 0 Å². The predicted octanol–water partition coefficient (Wildman–Crippen LogP) is 3.04. The smallest absolute Gasteiger partial charge is 0.154 e. The lowest BCUT2D eigenvalue weighted by molar-refractivity contribution is 0.281. The van der Waals surface area contributed by atoms with Crippen molar-refractivity contribution in [2.75, 3.05) is 0 Å². The van der Waals surface area contributed by atoms with Gasteiger partial charge in [-0.15, -0.1) is 0 Å². The maximum atomic E-state index is 9.42. The van der Waals surface area contributed by atoms with Crippen LogP contribution in [-0.2, 0) is 6.61 Å². The van der Waals surface area contributed by atoms with Gasteiger partial charge in [-0.2, -0.15) is 5.10 Å². The number of nitrogens with zero attached hydrogens (tertiary/aromatic N) is 3. The van der Waals surface area contributed by atoms with Crippen LogP contribution in [0, 0.1) is 0 Å². The van der Waals surface area contributed by atoms with Crippen molar-refractivity contribution >= 4 is 10.9 Å². The van der Waals surface area contributed by atoms with Crippen LogP contribution in [-0.4, -0.2) is 19.9 Å². The van der Waals surface area contributed by atoms with E-state index in [-0.39, 0.29) is 6.61 Å². The molecule has 0 radical (unpaired) electrons. The normalized spacial score (nSPS) is 11.4. The maximum Gasteiger partial charge on any atom is 0.154 e. The lowest BCUT2D eigenvalue weighted by atomic mass is 10.1. The lowest BCUT2D eigenvalue weighted by Gasteiger charge is -2.10. The minimum atomic E-state index is 0.00837. The molecule has 0 bridgehead atoms. The zero-order chi connectivity index (χ0) is 14.1. The van der Waals surface area contributed by atoms with E-state index in [9.17, 15) is 5.11 Å². The van der Waals surface area contributed by atoms with Crippen molar-refractivity contribution in [3.8, 4) is 5.82 Å². The molecule has 4 heteroatoms. The summed E-state index contributed by atoms with van der Waals surface area (Å²) in [6.07, 6.45) is 1.83. The number of hydrogen-bond acceptors (Lipinski definition) is 3. The fraction of sp³-hybridized carbons (Fsp3) is 0.250. The first-order valence-electron chi connectivity index (χ1n) is 6.74. The minimum Gasteiger partial charge on any atom is -0.392 e. The highest BCUT2D eigenvalue weighted by molar-refractivity contribution is 5.79. The monoisotopic (exact) mass is 267 g/mol. The van der Waals surface area contributed by atoms with Crippen molar-refractivity contribution in [1.29, 1.82) is 0 Å².